The van der Waals surface area contributed by atoms with Crippen molar-refractivity contribution < 1.29 is 0 Å². The number of nitrogens with one attached hydrogen (secondary N) is 1. The van der Waals surface area contributed by atoms with E-state index in [0.717, 1.165) is 12.0 Å². The molecule has 0 aromatic rings. The molecule has 2 heteroatoms. The Labute approximate surface area is 75.3 Å². The summed E-state index contributed by atoms with van der Waals surface area (Å²) in [5, 5.41) is 3.29. The first kappa shape index (κ1) is 8.52. The lowest BCUT2D eigenvalue weighted by Crippen LogP contribution is -2.34. The summed E-state index contributed by atoms with van der Waals surface area (Å²) in [5.41, 5.74) is 0. The van der Waals surface area contributed by atoms with Crippen LogP contribution in [0.3, 0.4) is 0 Å². The quantitative estimate of drug-likeness (QED) is 0.664. The van der Waals surface area contributed by atoms with Gasteiger partial charge in [-0.25, -0.2) is 0 Å². The van der Waals surface area contributed by atoms with Crippen LogP contribution in [0, 0.1) is 5.92 Å². The maximum absolute atomic E-state index is 3.29. The SMILES string of the molecule is CNCC1CC2CCCCN2C1. The minimum Gasteiger partial charge on any atom is -0.319 e. The molecule has 0 amide bonds. The molecular formula is C10H20N2. The number of rotatable bonds is 2. The summed E-state index contributed by atoms with van der Waals surface area (Å²) in [6, 6.07) is 0.942. The normalized spacial score (nSPS) is 36.8. The van der Waals surface area contributed by atoms with E-state index in [0.29, 0.717) is 0 Å². The van der Waals surface area contributed by atoms with E-state index in [9.17, 15) is 0 Å². The summed E-state index contributed by atoms with van der Waals surface area (Å²) in [5.74, 6) is 0.929. The van der Waals surface area contributed by atoms with Gasteiger partial charge in [-0.15, -0.1) is 0 Å². The van der Waals surface area contributed by atoms with E-state index in [1.54, 1.807) is 0 Å². The van der Waals surface area contributed by atoms with Crippen molar-refractivity contribution >= 4 is 0 Å². The van der Waals surface area contributed by atoms with Crippen molar-refractivity contribution in [3.63, 3.8) is 0 Å². The van der Waals surface area contributed by atoms with Crippen LogP contribution >= 0.6 is 0 Å². The van der Waals surface area contributed by atoms with Crippen molar-refractivity contribution in [3.8, 4) is 0 Å². The number of nitrogens with zero attached hydrogens (tertiary/aromatic N) is 1. The molecule has 2 unspecified atom stereocenters. The van der Waals surface area contributed by atoms with Crippen LogP contribution in [-0.2, 0) is 0 Å². The van der Waals surface area contributed by atoms with Crippen LogP contribution in [-0.4, -0.2) is 37.6 Å². The minimum atomic E-state index is 0.929. The molecule has 12 heavy (non-hydrogen) atoms. The Kier molecular flexibility index (Phi) is 2.66. The first-order valence-corrected chi connectivity index (χ1v) is 5.29. The molecule has 0 spiro atoms. The monoisotopic (exact) mass is 168 g/mol. The summed E-state index contributed by atoms with van der Waals surface area (Å²) in [6.07, 6.45) is 5.80. The van der Waals surface area contributed by atoms with Crippen molar-refractivity contribution in [2.45, 2.75) is 31.7 Å². The summed E-state index contributed by atoms with van der Waals surface area (Å²) in [6.45, 7) is 3.93. The van der Waals surface area contributed by atoms with Gasteiger partial charge in [0.15, 0.2) is 0 Å². The highest BCUT2D eigenvalue weighted by Gasteiger charge is 2.32. The highest BCUT2D eigenvalue weighted by Crippen LogP contribution is 2.29. The fourth-order valence-electron chi connectivity index (χ4n) is 2.79. The van der Waals surface area contributed by atoms with Crippen LogP contribution in [0.25, 0.3) is 0 Å². The molecule has 2 aliphatic heterocycles. The third-order valence-corrected chi connectivity index (χ3v) is 3.34. The van der Waals surface area contributed by atoms with Crippen molar-refractivity contribution in [2.75, 3.05) is 26.7 Å². The van der Waals surface area contributed by atoms with Crippen LogP contribution in [0.2, 0.25) is 0 Å². The molecule has 0 aliphatic carbocycles. The Balaban J connectivity index is 1.85. The predicted octanol–water partition coefficient (Wildman–Crippen LogP) is 1.08. The molecule has 0 aromatic carbocycles. The van der Waals surface area contributed by atoms with E-state index < -0.39 is 0 Å². The molecule has 2 atom stereocenters. The van der Waals surface area contributed by atoms with Crippen LogP contribution in [0.1, 0.15) is 25.7 Å². The smallest absolute Gasteiger partial charge is 0.00989 e. The molecule has 1 N–H and O–H groups in total. The predicted molar refractivity (Wildman–Crippen MR) is 51.2 cm³/mol. The third kappa shape index (κ3) is 1.64. The second-order valence-corrected chi connectivity index (χ2v) is 4.30. The first-order valence-electron chi connectivity index (χ1n) is 5.29. The molecule has 0 radical (unpaired) electrons. The Morgan fingerprint density at radius 2 is 2.33 bits per heavy atom. The van der Waals surface area contributed by atoms with Gasteiger partial charge in [0.2, 0.25) is 0 Å². The third-order valence-electron chi connectivity index (χ3n) is 3.34. The lowest BCUT2D eigenvalue weighted by atomic mass is 10.00. The Hall–Kier alpha value is -0.0800. The first-order chi connectivity index (χ1) is 5.90. The minimum absolute atomic E-state index is 0.929. The summed E-state index contributed by atoms with van der Waals surface area (Å²) < 4.78 is 0. The zero-order valence-corrected chi connectivity index (χ0v) is 8.05. The van der Waals surface area contributed by atoms with E-state index in [-0.39, 0.29) is 0 Å². The molecular weight excluding hydrogens is 148 g/mol. The molecule has 2 rings (SSSR count). The highest BCUT2D eigenvalue weighted by atomic mass is 15.2. The molecule has 0 aromatic heterocycles. The molecule has 2 aliphatic rings. The summed E-state index contributed by atoms with van der Waals surface area (Å²) in [4.78, 5) is 2.70. The standard InChI is InChI=1S/C10H20N2/c1-11-7-9-6-10-4-2-3-5-12(10)8-9/h9-11H,2-8H2,1H3. The fraction of sp³-hybridized carbons (Fsp3) is 1.00. The average Bonchev–Trinajstić information content (AvgIpc) is 2.47. The Bertz CT molecular complexity index is 133. The molecule has 2 saturated heterocycles. The second-order valence-electron chi connectivity index (χ2n) is 4.30. The van der Waals surface area contributed by atoms with Gasteiger partial charge in [-0.3, -0.25) is 0 Å². The molecule has 2 fully saturated rings. The number of fused-ring (bicyclic) bond motifs is 1. The molecule has 70 valence electrons. The summed E-state index contributed by atoms with van der Waals surface area (Å²) >= 11 is 0. The fourth-order valence-corrected chi connectivity index (χ4v) is 2.79. The second kappa shape index (κ2) is 3.75. The van der Waals surface area contributed by atoms with Gasteiger partial charge in [-0.1, -0.05) is 6.42 Å². The van der Waals surface area contributed by atoms with Crippen LogP contribution in [0.5, 0.6) is 0 Å². The average molecular weight is 168 g/mol. The molecule has 0 saturated carbocycles. The van der Waals surface area contributed by atoms with Gasteiger partial charge in [0, 0.05) is 12.6 Å². The van der Waals surface area contributed by atoms with E-state index in [4.69, 9.17) is 0 Å². The molecule has 2 heterocycles. The molecule has 0 bridgehead atoms. The van der Waals surface area contributed by atoms with Crippen LogP contribution in [0.15, 0.2) is 0 Å². The van der Waals surface area contributed by atoms with Crippen molar-refractivity contribution in [3.05, 3.63) is 0 Å². The van der Waals surface area contributed by atoms with Gasteiger partial charge in [0.05, 0.1) is 0 Å². The number of hydrogen-bond acceptors (Lipinski definition) is 2. The van der Waals surface area contributed by atoms with E-state index in [1.807, 2.05) is 0 Å². The number of piperidine rings is 1. The largest absolute Gasteiger partial charge is 0.319 e. The van der Waals surface area contributed by atoms with E-state index in [2.05, 4.69) is 17.3 Å². The molecule has 2 nitrogen and oxygen atoms in total. The maximum Gasteiger partial charge on any atom is 0.00989 e. The summed E-state index contributed by atoms with van der Waals surface area (Å²) in [7, 11) is 2.07. The Morgan fingerprint density at radius 3 is 3.08 bits per heavy atom. The van der Waals surface area contributed by atoms with Gasteiger partial charge in [-0.05, 0) is 45.3 Å². The van der Waals surface area contributed by atoms with Crippen molar-refractivity contribution in [2.24, 2.45) is 5.92 Å². The van der Waals surface area contributed by atoms with E-state index >= 15 is 0 Å². The van der Waals surface area contributed by atoms with Crippen LogP contribution in [0.4, 0.5) is 0 Å². The van der Waals surface area contributed by atoms with Crippen LogP contribution < -0.4 is 5.32 Å². The number of hydrogen-bond donors (Lipinski definition) is 1. The lowest BCUT2D eigenvalue weighted by molar-refractivity contribution is 0.196. The maximum atomic E-state index is 3.29. The van der Waals surface area contributed by atoms with Crippen molar-refractivity contribution in [1.82, 2.24) is 10.2 Å². The zero-order valence-electron chi connectivity index (χ0n) is 8.05. The zero-order chi connectivity index (χ0) is 8.39. The van der Waals surface area contributed by atoms with Crippen molar-refractivity contribution in [1.29, 1.82) is 0 Å². The highest BCUT2D eigenvalue weighted by molar-refractivity contribution is 4.88. The van der Waals surface area contributed by atoms with Gasteiger partial charge in [0.25, 0.3) is 0 Å². The Morgan fingerprint density at radius 1 is 1.42 bits per heavy atom. The topological polar surface area (TPSA) is 15.3 Å². The van der Waals surface area contributed by atoms with Gasteiger partial charge in [0.1, 0.15) is 0 Å². The van der Waals surface area contributed by atoms with Gasteiger partial charge >= 0.3 is 0 Å². The van der Waals surface area contributed by atoms with Gasteiger partial charge in [-0.2, -0.15) is 0 Å². The van der Waals surface area contributed by atoms with E-state index in [1.165, 1.54) is 45.3 Å². The van der Waals surface area contributed by atoms with Gasteiger partial charge < -0.3 is 10.2 Å². The lowest BCUT2D eigenvalue weighted by Gasteiger charge is -2.28.